The van der Waals surface area contributed by atoms with Gasteiger partial charge in [0, 0.05) is 31.9 Å². The molecule has 3 aromatic rings. The van der Waals surface area contributed by atoms with E-state index in [1.54, 1.807) is 0 Å². The Kier molecular flexibility index (Phi) is 4.58. The Labute approximate surface area is 187 Å². The fourth-order valence-electron chi connectivity index (χ4n) is 5.41. The molecule has 0 atom stereocenters. The lowest BCUT2D eigenvalue weighted by molar-refractivity contribution is -0.132. The summed E-state index contributed by atoms with van der Waals surface area (Å²) < 4.78 is 0. The molecule has 0 saturated carbocycles. The lowest BCUT2D eigenvalue weighted by Crippen LogP contribution is -2.50. The Bertz CT molecular complexity index is 1180. The maximum atomic E-state index is 13.0. The van der Waals surface area contributed by atoms with E-state index in [1.807, 2.05) is 23.1 Å². The molecule has 5 heteroatoms. The number of hydrogen-bond acceptors (Lipinski definition) is 3. The van der Waals surface area contributed by atoms with E-state index in [0.29, 0.717) is 12.8 Å². The van der Waals surface area contributed by atoms with Crippen molar-refractivity contribution in [3.8, 4) is 11.1 Å². The van der Waals surface area contributed by atoms with Crippen LogP contribution in [-0.4, -0.2) is 47.8 Å². The van der Waals surface area contributed by atoms with Gasteiger partial charge in [-0.05, 0) is 39.4 Å². The van der Waals surface area contributed by atoms with Crippen LogP contribution in [0.5, 0.6) is 0 Å². The first kappa shape index (κ1) is 19.3. The fraction of sp³-hybridized carbons (Fsp3) is 0.259. The molecule has 0 unspecified atom stereocenters. The van der Waals surface area contributed by atoms with Crippen molar-refractivity contribution in [1.29, 1.82) is 0 Å². The van der Waals surface area contributed by atoms with Crippen molar-refractivity contribution in [2.75, 3.05) is 31.5 Å². The molecular formula is C27H25N3O2. The molecule has 0 spiro atoms. The molecule has 6 rings (SSSR count). The average Bonchev–Trinajstić information content (AvgIpc) is 3.36. The Balaban J connectivity index is 1.15. The van der Waals surface area contributed by atoms with E-state index in [0.717, 1.165) is 43.0 Å². The molecule has 2 amide bonds. The first-order chi connectivity index (χ1) is 15.7. The summed E-state index contributed by atoms with van der Waals surface area (Å²) in [6, 6.07) is 23.5. The number of hydrogen-bond donors (Lipinski definition) is 1. The molecule has 0 radical (unpaired) electrons. The summed E-state index contributed by atoms with van der Waals surface area (Å²) in [6.45, 7) is 3.20. The van der Waals surface area contributed by atoms with Gasteiger partial charge in [-0.25, -0.2) is 0 Å². The van der Waals surface area contributed by atoms with Gasteiger partial charge in [0.15, 0.2) is 0 Å². The van der Waals surface area contributed by atoms with Gasteiger partial charge >= 0.3 is 0 Å². The van der Waals surface area contributed by atoms with Crippen molar-refractivity contribution in [3.63, 3.8) is 0 Å². The molecule has 3 aliphatic rings. The molecule has 160 valence electrons. The minimum absolute atomic E-state index is 0.0228. The van der Waals surface area contributed by atoms with Gasteiger partial charge < -0.3 is 10.2 Å². The Morgan fingerprint density at radius 1 is 0.875 bits per heavy atom. The second-order valence-corrected chi connectivity index (χ2v) is 8.89. The minimum Gasteiger partial charge on any atom is -0.340 e. The highest BCUT2D eigenvalue weighted by Crippen LogP contribution is 2.46. The van der Waals surface area contributed by atoms with Crippen LogP contribution in [0.1, 0.15) is 28.3 Å². The average molecular weight is 424 g/mol. The highest BCUT2D eigenvalue weighted by Gasteiger charge is 2.34. The fourth-order valence-corrected chi connectivity index (χ4v) is 5.41. The van der Waals surface area contributed by atoms with Crippen molar-refractivity contribution in [2.45, 2.75) is 18.9 Å². The smallest absolute Gasteiger partial charge is 0.228 e. The lowest BCUT2D eigenvalue weighted by atomic mass is 10.0. The van der Waals surface area contributed by atoms with Crippen molar-refractivity contribution in [3.05, 3.63) is 89.0 Å². The van der Waals surface area contributed by atoms with Gasteiger partial charge in [-0.15, -0.1) is 0 Å². The SMILES string of the molecule is O=C1Cc2ccc(CC(=O)N3CCN(C4c5ccccc5-c5ccccc54)CC3)cc2N1. The summed E-state index contributed by atoms with van der Waals surface area (Å²) in [5.41, 5.74) is 8.21. The van der Waals surface area contributed by atoms with Gasteiger partial charge in [-0.3, -0.25) is 14.5 Å². The van der Waals surface area contributed by atoms with Gasteiger partial charge in [0.25, 0.3) is 0 Å². The molecule has 3 aromatic carbocycles. The third-order valence-electron chi connectivity index (χ3n) is 6.99. The van der Waals surface area contributed by atoms with E-state index < -0.39 is 0 Å². The number of fused-ring (bicyclic) bond motifs is 4. The van der Waals surface area contributed by atoms with Crippen molar-refractivity contribution in [1.82, 2.24) is 9.80 Å². The lowest BCUT2D eigenvalue weighted by Gasteiger charge is -2.38. The van der Waals surface area contributed by atoms with Crippen LogP contribution in [0, 0.1) is 0 Å². The summed E-state index contributed by atoms with van der Waals surface area (Å²) in [5, 5.41) is 2.87. The largest absolute Gasteiger partial charge is 0.340 e. The standard InChI is InChI=1S/C27H25N3O2/c31-25-17-19-10-9-18(15-24(19)28-25)16-26(32)29-11-13-30(14-12-29)27-22-7-3-1-5-20(22)21-6-2-4-8-23(21)27/h1-10,15,27H,11-14,16-17H2,(H,28,31). The number of benzene rings is 3. The number of rotatable bonds is 3. The predicted molar refractivity (Wildman–Crippen MR) is 124 cm³/mol. The highest BCUT2D eigenvalue weighted by atomic mass is 16.2. The van der Waals surface area contributed by atoms with Crippen LogP contribution in [0.4, 0.5) is 5.69 Å². The summed E-state index contributed by atoms with van der Waals surface area (Å²) in [6.07, 6.45) is 0.803. The molecular weight excluding hydrogens is 398 g/mol. The molecule has 0 aromatic heterocycles. The monoisotopic (exact) mass is 423 g/mol. The summed E-state index contributed by atoms with van der Waals surface area (Å²) >= 11 is 0. The number of amides is 2. The summed E-state index contributed by atoms with van der Waals surface area (Å²) in [7, 11) is 0. The topological polar surface area (TPSA) is 52.7 Å². The molecule has 32 heavy (non-hydrogen) atoms. The van der Waals surface area contributed by atoms with Crippen LogP contribution in [-0.2, 0) is 22.4 Å². The van der Waals surface area contributed by atoms with E-state index in [2.05, 4.69) is 58.7 Å². The molecule has 2 heterocycles. The number of nitrogens with zero attached hydrogens (tertiary/aromatic N) is 2. The van der Waals surface area contributed by atoms with Crippen molar-refractivity contribution >= 4 is 17.5 Å². The normalized spacial score (nSPS) is 17.6. The van der Waals surface area contributed by atoms with Crippen molar-refractivity contribution < 1.29 is 9.59 Å². The van der Waals surface area contributed by atoms with Crippen LogP contribution in [0.15, 0.2) is 66.7 Å². The minimum atomic E-state index is 0.0228. The van der Waals surface area contributed by atoms with E-state index in [9.17, 15) is 9.59 Å². The summed E-state index contributed by atoms with van der Waals surface area (Å²) in [5.74, 6) is 0.177. The zero-order chi connectivity index (χ0) is 21.7. The van der Waals surface area contributed by atoms with Crippen molar-refractivity contribution in [2.24, 2.45) is 0 Å². The van der Waals surface area contributed by atoms with Crippen LogP contribution >= 0.6 is 0 Å². The number of carbonyl (C=O) groups excluding carboxylic acids is 2. The van der Waals surface area contributed by atoms with E-state index in [-0.39, 0.29) is 17.9 Å². The Morgan fingerprint density at radius 2 is 1.53 bits per heavy atom. The molecule has 1 saturated heterocycles. The Morgan fingerprint density at radius 3 is 2.22 bits per heavy atom. The molecule has 2 aliphatic heterocycles. The zero-order valence-corrected chi connectivity index (χ0v) is 17.9. The molecule has 1 fully saturated rings. The van der Waals surface area contributed by atoms with Gasteiger partial charge in [-0.2, -0.15) is 0 Å². The maximum Gasteiger partial charge on any atom is 0.228 e. The highest BCUT2D eigenvalue weighted by molar-refractivity contribution is 5.99. The van der Waals surface area contributed by atoms with Crippen LogP contribution < -0.4 is 5.32 Å². The molecule has 0 bridgehead atoms. The molecule has 1 N–H and O–H groups in total. The molecule has 1 aliphatic carbocycles. The maximum absolute atomic E-state index is 13.0. The Hall–Kier alpha value is -3.44. The second kappa shape index (κ2) is 7.61. The quantitative estimate of drug-likeness (QED) is 0.700. The third kappa shape index (κ3) is 3.21. The van der Waals surface area contributed by atoms with E-state index in [1.165, 1.54) is 22.3 Å². The van der Waals surface area contributed by atoms with Crippen LogP contribution in [0.25, 0.3) is 11.1 Å². The number of nitrogens with one attached hydrogen (secondary N) is 1. The van der Waals surface area contributed by atoms with E-state index >= 15 is 0 Å². The number of anilines is 1. The van der Waals surface area contributed by atoms with Crippen LogP contribution in [0.3, 0.4) is 0 Å². The number of carbonyl (C=O) groups is 2. The van der Waals surface area contributed by atoms with E-state index in [4.69, 9.17) is 0 Å². The van der Waals surface area contributed by atoms with Gasteiger partial charge in [-0.1, -0.05) is 60.7 Å². The van der Waals surface area contributed by atoms with Gasteiger partial charge in [0.1, 0.15) is 0 Å². The first-order valence-corrected chi connectivity index (χ1v) is 11.3. The third-order valence-corrected chi connectivity index (χ3v) is 6.99. The first-order valence-electron chi connectivity index (χ1n) is 11.3. The predicted octanol–water partition coefficient (Wildman–Crippen LogP) is 3.64. The summed E-state index contributed by atoms with van der Waals surface area (Å²) in [4.78, 5) is 29.1. The van der Waals surface area contributed by atoms with Gasteiger partial charge in [0.2, 0.25) is 11.8 Å². The molecule has 5 nitrogen and oxygen atoms in total. The van der Waals surface area contributed by atoms with Gasteiger partial charge in [0.05, 0.1) is 18.9 Å². The number of piperazine rings is 1. The second-order valence-electron chi connectivity index (χ2n) is 8.89. The van der Waals surface area contributed by atoms with Crippen LogP contribution in [0.2, 0.25) is 0 Å². The zero-order valence-electron chi connectivity index (χ0n) is 17.9.